The van der Waals surface area contributed by atoms with Crippen molar-refractivity contribution in [3.63, 3.8) is 0 Å². The summed E-state index contributed by atoms with van der Waals surface area (Å²) in [6, 6.07) is 8.32. The lowest BCUT2D eigenvalue weighted by Crippen LogP contribution is -2.00. The number of hydrogen-bond acceptors (Lipinski definition) is 1. The summed E-state index contributed by atoms with van der Waals surface area (Å²) < 4.78 is 0. The quantitative estimate of drug-likeness (QED) is 0.747. The first-order valence-corrected chi connectivity index (χ1v) is 4.16. The van der Waals surface area contributed by atoms with E-state index in [-0.39, 0.29) is 12.4 Å². The zero-order valence-electron chi connectivity index (χ0n) is 6.53. The minimum absolute atomic E-state index is 0. The van der Waals surface area contributed by atoms with E-state index in [0.29, 0.717) is 12.0 Å². The number of nitrogens with two attached hydrogens (primary N) is 1. The van der Waals surface area contributed by atoms with Crippen molar-refractivity contribution in [2.24, 2.45) is 5.73 Å². The van der Waals surface area contributed by atoms with Crippen LogP contribution in [0.3, 0.4) is 0 Å². The summed E-state index contributed by atoms with van der Waals surface area (Å²) >= 11 is 5.82. The molecule has 2 rings (SSSR count). The van der Waals surface area contributed by atoms with Crippen LogP contribution in [-0.4, -0.2) is 6.04 Å². The molecule has 66 valence electrons. The zero-order chi connectivity index (χ0) is 7.84. The van der Waals surface area contributed by atoms with E-state index in [0.717, 1.165) is 11.4 Å². The first-order valence-electron chi connectivity index (χ1n) is 3.78. The Hall–Kier alpha value is -0.240. The fraction of sp³-hybridized carbons (Fsp3) is 0.333. The highest BCUT2D eigenvalue weighted by Crippen LogP contribution is 2.39. The van der Waals surface area contributed by atoms with Crippen LogP contribution in [0.2, 0.25) is 5.02 Å². The molecular weight excluding hydrogens is 193 g/mol. The highest BCUT2D eigenvalue weighted by molar-refractivity contribution is 6.30. The van der Waals surface area contributed by atoms with E-state index < -0.39 is 0 Å². The average molecular weight is 204 g/mol. The van der Waals surface area contributed by atoms with Crippen LogP contribution in [0, 0.1) is 0 Å². The third-order valence-electron chi connectivity index (χ3n) is 2.12. The van der Waals surface area contributed by atoms with Crippen LogP contribution in [0.1, 0.15) is 17.9 Å². The highest BCUT2D eigenvalue weighted by Gasteiger charge is 2.34. The molecule has 1 nitrogen and oxygen atoms in total. The Morgan fingerprint density at radius 3 is 2.58 bits per heavy atom. The Balaban J connectivity index is 0.000000720. The molecule has 1 unspecified atom stereocenters. The molecule has 0 heterocycles. The van der Waals surface area contributed by atoms with Gasteiger partial charge in [0.2, 0.25) is 0 Å². The van der Waals surface area contributed by atoms with Crippen molar-refractivity contribution >= 4 is 24.0 Å². The summed E-state index contributed by atoms with van der Waals surface area (Å²) in [6.07, 6.45) is 1.11. The molecule has 1 saturated carbocycles. The second kappa shape index (κ2) is 3.65. The van der Waals surface area contributed by atoms with E-state index in [1.165, 1.54) is 5.56 Å². The molecule has 1 aliphatic carbocycles. The second-order valence-corrected chi connectivity index (χ2v) is 3.50. The summed E-state index contributed by atoms with van der Waals surface area (Å²) in [7, 11) is 0. The zero-order valence-corrected chi connectivity index (χ0v) is 8.11. The van der Waals surface area contributed by atoms with Crippen molar-refractivity contribution in [1.29, 1.82) is 0 Å². The van der Waals surface area contributed by atoms with E-state index in [2.05, 4.69) is 6.07 Å². The van der Waals surface area contributed by atoms with Crippen LogP contribution in [0.25, 0.3) is 0 Å². The molecule has 0 radical (unpaired) electrons. The Labute approximate surface area is 83.3 Å². The Morgan fingerprint density at radius 2 is 2.08 bits per heavy atom. The second-order valence-electron chi connectivity index (χ2n) is 3.06. The van der Waals surface area contributed by atoms with Crippen LogP contribution >= 0.6 is 24.0 Å². The maximum Gasteiger partial charge on any atom is 0.0408 e. The van der Waals surface area contributed by atoms with Gasteiger partial charge < -0.3 is 5.73 Å². The van der Waals surface area contributed by atoms with Gasteiger partial charge in [-0.15, -0.1) is 12.4 Å². The van der Waals surface area contributed by atoms with Gasteiger partial charge in [0.05, 0.1) is 0 Å². The molecule has 0 aliphatic heterocycles. The lowest BCUT2D eigenvalue weighted by Gasteiger charge is -1.97. The number of benzene rings is 1. The summed E-state index contributed by atoms with van der Waals surface area (Å²) in [6.45, 7) is 0. The lowest BCUT2D eigenvalue weighted by atomic mass is 10.1. The molecule has 3 heteroatoms. The molecule has 0 aromatic heterocycles. The third-order valence-corrected chi connectivity index (χ3v) is 2.35. The van der Waals surface area contributed by atoms with Gasteiger partial charge in [-0.3, -0.25) is 0 Å². The first kappa shape index (κ1) is 9.85. The molecule has 1 aliphatic rings. The smallest absolute Gasteiger partial charge is 0.0408 e. The van der Waals surface area contributed by atoms with Crippen molar-refractivity contribution in [2.45, 2.75) is 18.4 Å². The SMILES string of the molecule is Cl.N[C@H]1CC1c1cccc(Cl)c1. The first-order chi connectivity index (χ1) is 5.27. The van der Waals surface area contributed by atoms with Gasteiger partial charge in [-0.2, -0.15) is 0 Å². The fourth-order valence-electron chi connectivity index (χ4n) is 1.34. The minimum Gasteiger partial charge on any atom is -0.327 e. The van der Waals surface area contributed by atoms with Crippen molar-refractivity contribution in [2.75, 3.05) is 0 Å². The van der Waals surface area contributed by atoms with Gasteiger partial charge in [-0.25, -0.2) is 0 Å². The van der Waals surface area contributed by atoms with Crippen LogP contribution in [0.5, 0.6) is 0 Å². The predicted molar refractivity (Wildman–Crippen MR) is 54.0 cm³/mol. The average Bonchev–Trinajstić information content (AvgIpc) is 2.67. The lowest BCUT2D eigenvalue weighted by molar-refractivity contribution is 0.991. The number of rotatable bonds is 1. The predicted octanol–water partition coefficient (Wildman–Crippen LogP) is 2.58. The molecular formula is C9H11Cl2N. The topological polar surface area (TPSA) is 26.0 Å². The monoisotopic (exact) mass is 203 g/mol. The number of hydrogen-bond donors (Lipinski definition) is 1. The Morgan fingerprint density at radius 1 is 1.42 bits per heavy atom. The van der Waals surface area contributed by atoms with Crippen molar-refractivity contribution in [3.05, 3.63) is 34.9 Å². The molecule has 1 aromatic rings. The standard InChI is InChI=1S/C9H10ClN.ClH/c10-7-3-1-2-6(4-7)8-5-9(8)11;/h1-4,8-9H,5,11H2;1H/t8?,9-;/m0./s1. The normalized spacial score (nSPS) is 26.2. The maximum atomic E-state index is 5.82. The van der Waals surface area contributed by atoms with E-state index in [1.54, 1.807) is 0 Å². The van der Waals surface area contributed by atoms with Crippen LogP contribution in [-0.2, 0) is 0 Å². The van der Waals surface area contributed by atoms with Crippen molar-refractivity contribution in [3.8, 4) is 0 Å². The van der Waals surface area contributed by atoms with Crippen molar-refractivity contribution < 1.29 is 0 Å². The van der Waals surface area contributed by atoms with E-state index in [4.69, 9.17) is 17.3 Å². The largest absolute Gasteiger partial charge is 0.327 e. The highest BCUT2D eigenvalue weighted by atomic mass is 35.5. The molecule has 0 spiro atoms. The van der Waals surface area contributed by atoms with E-state index in [1.807, 2.05) is 18.2 Å². The van der Waals surface area contributed by atoms with Crippen LogP contribution < -0.4 is 5.73 Å². The molecule has 2 atom stereocenters. The fourth-order valence-corrected chi connectivity index (χ4v) is 1.53. The molecule has 1 fully saturated rings. The van der Waals surface area contributed by atoms with Gasteiger partial charge in [0.25, 0.3) is 0 Å². The maximum absolute atomic E-state index is 5.82. The molecule has 12 heavy (non-hydrogen) atoms. The van der Waals surface area contributed by atoms with E-state index in [9.17, 15) is 0 Å². The summed E-state index contributed by atoms with van der Waals surface area (Å²) in [4.78, 5) is 0. The van der Waals surface area contributed by atoms with Gasteiger partial charge in [-0.05, 0) is 24.1 Å². The van der Waals surface area contributed by atoms with Gasteiger partial charge in [0.15, 0.2) is 0 Å². The number of halogens is 2. The minimum atomic E-state index is 0. The van der Waals surface area contributed by atoms with Crippen LogP contribution in [0.15, 0.2) is 24.3 Å². The van der Waals surface area contributed by atoms with Gasteiger partial charge in [0, 0.05) is 17.0 Å². The van der Waals surface area contributed by atoms with E-state index >= 15 is 0 Å². The molecule has 1 aromatic carbocycles. The third kappa shape index (κ3) is 1.92. The summed E-state index contributed by atoms with van der Waals surface area (Å²) in [5.74, 6) is 0.564. The van der Waals surface area contributed by atoms with Gasteiger partial charge in [-0.1, -0.05) is 23.7 Å². The van der Waals surface area contributed by atoms with Crippen LogP contribution in [0.4, 0.5) is 0 Å². The summed E-state index contributed by atoms with van der Waals surface area (Å²) in [5.41, 5.74) is 6.99. The Kier molecular flexibility index (Phi) is 2.99. The van der Waals surface area contributed by atoms with Gasteiger partial charge in [0.1, 0.15) is 0 Å². The molecule has 0 saturated heterocycles. The molecule has 2 N–H and O–H groups in total. The van der Waals surface area contributed by atoms with Gasteiger partial charge >= 0.3 is 0 Å². The summed E-state index contributed by atoms with van der Waals surface area (Å²) in [5, 5.41) is 0.807. The Bertz CT molecular complexity index is 275. The van der Waals surface area contributed by atoms with Crippen molar-refractivity contribution in [1.82, 2.24) is 0 Å². The molecule has 0 amide bonds. The molecule has 0 bridgehead atoms.